The molecular weight excluding hydrogens is 288 g/mol. The smallest absolute Gasteiger partial charge is 0.412 e. The third-order valence-corrected chi connectivity index (χ3v) is 4.41. The van der Waals surface area contributed by atoms with E-state index in [-0.39, 0.29) is 0 Å². The van der Waals surface area contributed by atoms with E-state index in [2.05, 4.69) is 24.5 Å². The molecule has 0 aliphatic heterocycles. The first-order valence-electron chi connectivity index (χ1n) is 8.61. The first-order chi connectivity index (χ1) is 10.7. The minimum atomic E-state index is -0.487. The molecule has 0 spiro atoms. The Balaban J connectivity index is 1.93. The molecule has 0 heterocycles. The lowest BCUT2D eigenvalue weighted by atomic mass is 9.78. The summed E-state index contributed by atoms with van der Waals surface area (Å²) in [5, 5.41) is 6.41. The van der Waals surface area contributed by atoms with E-state index in [9.17, 15) is 4.79 Å². The number of rotatable bonds is 3. The molecule has 0 aromatic heterocycles. The van der Waals surface area contributed by atoms with Crippen LogP contribution in [0.1, 0.15) is 53.9 Å². The van der Waals surface area contributed by atoms with Gasteiger partial charge < -0.3 is 10.1 Å². The number of amides is 1. The fourth-order valence-electron chi connectivity index (χ4n) is 3.23. The minimum absolute atomic E-state index is 0.423. The van der Waals surface area contributed by atoms with Crippen molar-refractivity contribution >= 4 is 17.5 Å². The van der Waals surface area contributed by atoms with Crippen molar-refractivity contribution in [2.24, 2.45) is 11.8 Å². The van der Waals surface area contributed by atoms with Gasteiger partial charge in [-0.2, -0.15) is 0 Å². The lowest BCUT2D eigenvalue weighted by Gasteiger charge is -2.36. The molecule has 2 unspecified atom stereocenters. The van der Waals surface area contributed by atoms with E-state index >= 15 is 0 Å². The number of hydrogen-bond donors (Lipinski definition) is 2. The topological polar surface area (TPSA) is 50.4 Å². The normalized spacial score (nSPS) is 24.8. The Morgan fingerprint density at radius 1 is 1.04 bits per heavy atom. The van der Waals surface area contributed by atoms with Crippen molar-refractivity contribution in [3.8, 4) is 0 Å². The van der Waals surface area contributed by atoms with Gasteiger partial charge in [-0.1, -0.05) is 20.3 Å². The van der Waals surface area contributed by atoms with Crippen molar-refractivity contribution in [2.45, 2.75) is 65.5 Å². The molecule has 1 aliphatic carbocycles. The molecule has 2 N–H and O–H groups in total. The Morgan fingerprint density at radius 3 is 2.09 bits per heavy atom. The average Bonchev–Trinajstić information content (AvgIpc) is 2.43. The summed E-state index contributed by atoms with van der Waals surface area (Å²) in [6.07, 6.45) is 3.49. The molecule has 4 heteroatoms. The zero-order chi connectivity index (χ0) is 17.0. The third-order valence-electron chi connectivity index (χ3n) is 4.41. The van der Waals surface area contributed by atoms with Gasteiger partial charge in [0.1, 0.15) is 5.60 Å². The van der Waals surface area contributed by atoms with Crippen LogP contribution in [0, 0.1) is 11.8 Å². The predicted molar refractivity (Wildman–Crippen MR) is 95.9 cm³/mol. The fourth-order valence-corrected chi connectivity index (χ4v) is 3.23. The summed E-state index contributed by atoms with van der Waals surface area (Å²) in [5.41, 5.74) is 1.36. The average molecular weight is 318 g/mol. The zero-order valence-corrected chi connectivity index (χ0v) is 15.0. The van der Waals surface area contributed by atoms with Crippen molar-refractivity contribution in [1.29, 1.82) is 0 Å². The van der Waals surface area contributed by atoms with E-state index in [0.717, 1.165) is 11.4 Å². The van der Waals surface area contributed by atoms with Crippen LogP contribution in [0.2, 0.25) is 0 Å². The monoisotopic (exact) mass is 318 g/mol. The van der Waals surface area contributed by atoms with Gasteiger partial charge in [-0.15, -0.1) is 0 Å². The Morgan fingerprint density at radius 2 is 1.57 bits per heavy atom. The number of anilines is 2. The summed E-state index contributed by atoms with van der Waals surface area (Å²) in [6.45, 7) is 10.2. The summed E-state index contributed by atoms with van der Waals surface area (Å²) in [5.74, 6) is 1.39. The Hall–Kier alpha value is -1.71. The molecular formula is C19H30N2O2. The van der Waals surface area contributed by atoms with Crippen LogP contribution in [0.15, 0.2) is 24.3 Å². The Bertz CT molecular complexity index is 509. The molecule has 1 amide bonds. The molecule has 2 atom stereocenters. The van der Waals surface area contributed by atoms with Crippen LogP contribution in [0.3, 0.4) is 0 Å². The quantitative estimate of drug-likeness (QED) is 0.798. The van der Waals surface area contributed by atoms with E-state index in [4.69, 9.17) is 4.74 Å². The number of hydrogen-bond acceptors (Lipinski definition) is 3. The maximum atomic E-state index is 11.8. The second-order valence-corrected chi connectivity index (χ2v) is 7.76. The van der Waals surface area contributed by atoms with E-state index in [1.165, 1.54) is 19.3 Å². The van der Waals surface area contributed by atoms with Gasteiger partial charge >= 0.3 is 6.09 Å². The minimum Gasteiger partial charge on any atom is -0.444 e. The van der Waals surface area contributed by atoms with Crippen molar-refractivity contribution in [1.82, 2.24) is 0 Å². The molecule has 0 bridgehead atoms. The summed E-state index contributed by atoms with van der Waals surface area (Å²) in [6, 6.07) is 8.37. The van der Waals surface area contributed by atoms with Crippen LogP contribution in [0.5, 0.6) is 0 Å². The molecule has 2 rings (SSSR count). The largest absolute Gasteiger partial charge is 0.444 e. The molecule has 1 fully saturated rings. The highest BCUT2D eigenvalue weighted by molar-refractivity contribution is 5.85. The number of nitrogens with one attached hydrogen (secondary N) is 2. The van der Waals surface area contributed by atoms with Gasteiger partial charge in [0.2, 0.25) is 0 Å². The van der Waals surface area contributed by atoms with Crippen LogP contribution < -0.4 is 10.6 Å². The van der Waals surface area contributed by atoms with Crippen molar-refractivity contribution in [3.05, 3.63) is 24.3 Å². The SMILES string of the molecule is CC1CCCC(C)C1Nc1ccc(NC(=O)OC(C)(C)C)cc1. The van der Waals surface area contributed by atoms with Gasteiger partial charge in [0.15, 0.2) is 0 Å². The molecule has 128 valence electrons. The van der Waals surface area contributed by atoms with E-state index < -0.39 is 11.7 Å². The molecule has 0 saturated heterocycles. The number of ether oxygens (including phenoxy) is 1. The van der Waals surface area contributed by atoms with Crippen LogP contribution in [-0.2, 0) is 4.74 Å². The van der Waals surface area contributed by atoms with Gasteiger partial charge in [-0.05, 0) is 69.7 Å². The summed E-state index contributed by atoms with van der Waals surface area (Å²) in [4.78, 5) is 11.8. The highest BCUT2D eigenvalue weighted by atomic mass is 16.6. The lowest BCUT2D eigenvalue weighted by molar-refractivity contribution is 0.0636. The second-order valence-electron chi connectivity index (χ2n) is 7.76. The Kier molecular flexibility index (Phi) is 5.55. The van der Waals surface area contributed by atoms with Gasteiger partial charge in [0.05, 0.1) is 0 Å². The lowest BCUT2D eigenvalue weighted by Crippen LogP contribution is -2.37. The molecule has 1 saturated carbocycles. The molecule has 1 aromatic carbocycles. The summed E-state index contributed by atoms with van der Waals surface area (Å²) >= 11 is 0. The molecule has 1 aliphatic rings. The van der Waals surface area contributed by atoms with Crippen molar-refractivity contribution in [3.63, 3.8) is 0 Å². The molecule has 23 heavy (non-hydrogen) atoms. The predicted octanol–water partition coefficient (Wildman–Crippen LogP) is 5.27. The van der Waals surface area contributed by atoms with Crippen LogP contribution in [0.25, 0.3) is 0 Å². The highest BCUT2D eigenvalue weighted by Gasteiger charge is 2.27. The second kappa shape index (κ2) is 7.24. The Labute approximate surface area is 140 Å². The van der Waals surface area contributed by atoms with Crippen LogP contribution >= 0.6 is 0 Å². The maximum absolute atomic E-state index is 11.8. The fraction of sp³-hybridized carbons (Fsp3) is 0.632. The number of benzene rings is 1. The third kappa shape index (κ3) is 5.45. The summed E-state index contributed by atoms with van der Waals surface area (Å²) < 4.78 is 5.26. The molecule has 4 nitrogen and oxygen atoms in total. The highest BCUT2D eigenvalue weighted by Crippen LogP contribution is 2.31. The maximum Gasteiger partial charge on any atom is 0.412 e. The van der Waals surface area contributed by atoms with Crippen molar-refractivity contribution in [2.75, 3.05) is 10.6 Å². The standard InChI is InChI=1S/C19H30N2O2/c1-13-7-6-8-14(2)17(13)20-15-9-11-16(12-10-15)21-18(22)23-19(3,4)5/h9-14,17,20H,6-8H2,1-5H3,(H,21,22). The van der Waals surface area contributed by atoms with Crippen molar-refractivity contribution < 1.29 is 9.53 Å². The van der Waals surface area contributed by atoms with Crippen LogP contribution in [-0.4, -0.2) is 17.7 Å². The number of carbonyl (C=O) groups excluding carboxylic acids is 1. The first kappa shape index (κ1) is 17.6. The van der Waals surface area contributed by atoms with Crippen LogP contribution in [0.4, 0.5) is 16.2 Å². The first-order valence-corrected chi connectivity index (χ1v) is 8.61. The zero-order valence-electron chi connectivity index (χ0n) is 15.0. The number of carbonyl (C=O) groups is 1. The van der Waals surface area contributed by atoms with Gasteiger partial charge in [0.25, 0.3) is 0 Å². The van der Waals surface area contributed by atoms with Gasteiger partial charge in [0, 0.05) is 17.4 Å². The van der Waals surface area contributed by atoms with E-state index in [0.29, 0.717) is 17.9 Å². The molecule has 0 radical (unpaired) electrons. The summed E-state index contributed by atoms with van der Waals surface area (Å²) in [7, 11) is 0. The van der Waals surface area contributed by atoms with E-state index in [1.807, 2.05) is 45.0 Å². The molecule has 1 aromatic rings. The van der Waals surface area contributed by atoms with Gasteiger partial charge in [-0.3, -0.25) is 5.32 Å². The van der Waals surface area contributed by atoms with Gasteiger partial charge in [-0.25, -0.2) is 4.79 Å². The van der Waals surface area contributed by atoms with E-state index in [1.54, 1.807) is 0 Å².